The standard InChI is InChI=1S/C15H26N4O/c1-6-8-9-19(5)15(20)13-12(16-7-2)10-17-14(18-13)11(3)4/h10-11,16H,6-9H2,1-5H3. The van der Waals surface area contributed by atoms with Crippen molar-refractivity contribution < 1.29 is 4.79 Å². The number of amides is 1. The average molecular weight is 278 g/mol. The molecule has 5 nitrogen and oxygen atoms in total. The predicted octanol–water partition coefficient (Wildman–Crippen LogP) is 2.90. The normalized spacial score (nSPS) is 10.7. The van der Waals surface area contributed by atoms with Gasteiger partial charge in [0.2, 0.25) is 0 Å². The number of unbranched alkanes of at least 4 members (excludes halogenated alkanes) is 1. The van der Waals surface area contributed by atoms with Crippen molar-refractivity contribution in [3.05, 3.63) is 17.7 Å². The molecule has 20 heavy (non-hydrogen) atoms. The molecule has 1 heterocycles. The Balaban J connectivity index is 3.04. The minimum Gasteiger partial charge on any atom is -0.382 e. The lowest BCUT2D eigenvalue weighted by atomic mass is 10.2. The summed E-state index contributed by atoms with van der Waals surface area (Å²) in [5.74, 6) is 0.871. The Hall–Kier alpha value is -1.65. The number of carbonyl (C=O) groups is 1. The molecule has 0 aliphatic carbocycles. The lowest BCUT2D eigenvalue weighted by molar-refractivity contribution is 0.0788. The summed E-state index contributed by atoms with van der Waals surface area (Å²) in [6, 6.07) is 0. The summed E-state index contributed by atoms with van der Waals surface area (Å²) in [6.45, 7) is 9.65. The number of rotatable bonds is 7. The number of anilines is 1. The van der Waals surface area contributed by atoms with Crippen molar-refractivity contribution in [1.82, 2.24) is 14.9 Å². The molecular weight excluding hydrogens is 252 g/mol. The van der Waals surface area contributed by atoms with Crippen molar-refractivity contribution in [3.63, 3.8) is 0 Å². The molecule has 5 heteroatoms. The molecule has 0 radical (unpaired) electrons. The van der Waals surface area contributed by atoms with Gasteiger partial charge in [-0.3, -0.25) is 4.79 Å². The monoisotopic (exact) mass is 278 g/mol. The molecule has 1 aromatic heterocycles. The summed E-state index contributed by atoms with van der Waals surface area (Å²) in [5, 5.41) is 3.16. The van der Waals surface area contributed by atoms with Gasteiger partial charge >= 0.3 is 0 Å². The lowest BCUT2D eigenvalue weighted by Crippen LogP contribution is -2.30. The van der Waals surface area contributed by atoms with Gasteiger partial charge in [-0.05, 0) is 13.3 Å². The second kappa shape index (κ2) is 7.82. The lowest BCUT2D eigenvalue weighted by Gasteiger charge is -2.19. The summed E-state index contributed by atoms with van der Waals surface area (Å²) in [7, 11) is 1.82. The molecule has 0 fully saturated rings. The molecule has 0 aromatic carbocycles. The third-order valence-electron chi connectivity index (χ3n) is 3.09. The second-order valence-corrected chi connectivity index (χ2v) is 5.26. The zero-order chi connectivity index (χ0) is 15.1. The first-order valence-electron chi connectivity index (χ1n) is 7.37. The van der Waals surface area contributed by atoms with Gasteiger partial charge in [0, 0.05) is 26.1 Å². The summed E-state index contributed by atoms with van der Waals surface area (Å²) in [4.78, 5) is 23.0. The second-order valence-electron chi connectivity index (χ2n) is 5.26. The van der Waals surface area contributed by atoms with E-state index in [9.17, 15) is 4.79 Å². The highest BCUT2D eigenvalue weighted by Gasteiger charge is 2.19. The van der Waals surface area contributed by atoms with E-state index >= 15 is 0 Å². The number of nitrogens with one attached hydrogen (secondary N) is 1. The van der Waals surface area contributed by atoms with Crippen LogP contribution in [-0.2, 0) is 0 Å². The number of aromatic nitrogens is 2. The van der Waals surface area contributed by atoms with E-state index in [2.05, 4.69) is 22.2 Å². The van der Waals surface area contributed by atoms with Crippen LogP contribution >= 0.6 is 0 Å². The maximum atomic E-state index is 12.5. The van der Waals surface area contributed by atoms with E-state index in [4.69, 9.17) is 0 Å². The third kappa shape index (κ3) is 4.18. The van der Waals surface area contributed by atoms with Crippen LogP contribution in [0.25, 0.3) is 0 Å². The highest BCUT2D eigenvalue weighted by Crippen LogP contribution is 2.17. The van der Waals surface area contributed by atoms with Crippen molar-refractivity contribution in [2.75, 3.05) is 25.5 Å². The maximum absolute atomic E-state index is 12.5. The number of nitrogens with zero attached hydrogens (tertiary/aromatic N) is 3. The first kappa shape index (κ1) is 16.4. The topological polar surface area (TPSA) is 58.1 Å². The van der Waals surface area contributed by atoms with Crippen LogP contribution in [0.15, 0.2) is 6.20 Å². The van der Waals surface area contributed by atoms with Crippen molar-refractivity contribution in [3.8, 4) is 0 Å². The molecule has 0 aliphatic heterocycles. The van der Waals surface area contributed by atoms with Gasteiger partial charge in [-0.15, -0.1) is 0 Å². The van der Waals surface area contributed by atoms with Crippen molar-refractivity contribution >= 4 is 11.6 Å². The van der Waals surface area contributed by atoms with Crippen molar-refractivity contribution in [2.24, 2.45) is 0 Å². The van der Waals surface area contributed by atoms with E-state index < -0.39 is 0 Å². The molecule has 0 bridgehead atoms. The minimum atomic E-state index is -0.0429. The van der Waals surface area contributed by atoms with E-state index in [0.29, 0.717) is 17.2 Å². The molecule has 0 aliphatic rings. The fourth-order valence-electron chi connectivity index (χ4n) is 1.83. The number of hydrogen-bond acceptors (Lipinski definition) is 4. The third-order valence-corrected chi connectivity index (χ3v) is 3.09. The van der Waals surface area contributed by atoms with Crippen LogP contribution in [0.4, 0.5) is 5.69 Å². The van der Waals surface area contributed by atoms with Gasteiger partial charge < -0.3 is 10.2 Å². The molecule has 0 saturated heterocycles. The summed E-state index contributed by atoms with van der Waals surface area (Å²) in [5.41, 5.74) is 1.19. The zero-order valence-electron chi connectivity index (χ0n) is 13.2. The molecule has 0 unspecified atom stereocenters. The summed E-state index contributed by atoms with van der Waals surface area (Å²) in [6.07, 6.45) is 3.78. The SMILES string of the molecule is CCCCN(C)C(=O)c1nc(C(C)C)ncc1NCC. The van der Waals surface area contributed by atoms with E-state index in [0.717, 1.165) is 25.9 Å². The van der Waals surface area contributed by atoms with Gasteiger partial charge in [0.15, 0.2) is 5.69 Å². The number of hydrogen-bond donors (Lipinski definition) is 1. The van der Waals surface area contributed by atoms with Crippen LogP contribution in [0.2, 0.25) is 0 Å². The molecule has 1 N–H and O–H groups in total. The Kier molecular flexibility index (Phi) is 6.42. The Bertz CT molecular complexity index is 445. The van der Waals surface area contributed by atoms with E-state index in [1.165, 1.54) is 0 Å². The predicted molar refractivity (Wildman–Crippen MR) is 82.2 cm³/mol. The van der Waals surface area contributed by atoms with Crippen LogP contribution in [0.5, 0.6) is 0 Å². The largest absolute Gasteiger partial charge is 0.382 e. The molecule has 0 spiro atoms. The van der Waals surface area contributed by atoms with Gasteiger partial charge in [0.25, 0.3) is 5.91 Å². The van der Waals surface area contributed by atoms with Crippen LogP contribution < -0.4 is 5.32 Å². The molecule has 1 amide bonds. The van der Waals surface area contributed by atoms with E-state index in [-0.39, 0.29) is 11.8 Å². The summed E-state index contributed by atoms with van der Waals surface area (Å²) < 4.78 is 0. The van der Waals surface area contributed by atoms with Crippen molar-refractivity contribution in [2.45, 2.75) is 46.5 Å². The van der Waals surface area contributed by atoms with Gasteiger partial charge in [-0.1, -0.05) is 27.2 Å². The van der Waals surface area contributed by atoms with Crippen LogP contribution in [0, 0.1) is 0 Å². The molecule has 1 aromatic rings. The molecule has 112 valence electrons. The van der Waals surface area contributed by atoms with E-state index in [1.807, 2.05) is 27.8 Å². The van der Waals surface area contributed by atoms with Crippen LogP contribution in [0.3, 0.4) is 0 Å². The van der Waals surface area contributed by atoms with Gasteiger partial charge in [0.1, 0.15) is 5.82 Å². The first-order valence-corrected chi connectivity index (χ1v) is 7.37. The Morgan fingerprint density at radius 2 is 2.10 bits per heavy atom. The zero-order valence-corrected chi connectivity index (χ0v) is 13.2. The molecule has 0 saturated carbocycles. The highest BCUT2D eigenvalue weighted by molar-refractivity contribution is 5.97. The summed E-state index contributed by atoms with van der Waals surface area (Å²) >= 11 is 0. The van der Waals surface area contributed by atoms with Crippen LogP contribution in [-0.4, -0.2) is 40.9 Å². The van der Waals surface area contributed by atoms with E-state index in [1.54, 1.807) is 11.1 Å². The Labute approximate surface area is 121 Å². The maximum Gasteiger partial charge on any atom is 0.274 e. The first-order chi connectivity index (χ1) is 9.51. The fourth-order valence-corrected chi connectivity index (χ4v) is 1.83. The quantitative estimate of drug-likeness (QED) is 0.833. The Morgan fingerprint density at radius 3 is 2.65 bits per heavy atom. The van der Waals surface area contributed by atoms with Gasteiger partial charge in [-0.25, -0.2) is 9.97 Å². The van der Waals surface area contributed by atoms with Gasteiger partial charge in [0.05, 0.1) is 11.9 Å². The smallest absolute Gasteiger partial charge is 0.274 e. The Morgan fingerprint density at radius 1 is 1.40 bits per heavy atom. The number of carbonyl (C=O) groups excluding carboxylic acids is 1. The van der Waals surface area contributed by atoms with Gasteiger partial charge in [-0.2, -0.15) is 0 Å². The van der Waals surface area contributed by atoms with Crippen LogP contribution in [0.1, 0.15) is 62.8 Å². The molecular formula is C15H26N4O. The average Bonchev–Trinajstić information content (AvgIpc) is 2.44. The fraction of sp³-hybridized carbons (Fsp3) is 0.667. The molecule has 0 atom stereocenters. The molecule has 1 rings (SSSR count). The van der Waals surface area contributed by atoms with Crippen molar-refractivity contribution in [1.29, 1.82) is 0 Å². The minimum absolute atomic E-state index is 0.0429. The highest BCUT2D eigenvalue weighted by atomic mass is 16.2.